The Kier molecular flexibility index (Phi) is 6.37. The number of piperidine rings is 1. The highest BCUT2D eigenvalue weighted by atomic mass is 16.3. The molecule has 1 unspecified atom stereocenters. The summed E-state index contributed by atoms with van der Waals surface area (Å²) in [6, 6.07) is 0. The largest absolute Gasteiger partial charge is 0.396 e. The third kappa shape index (κ3) is 4.92. The number of nitrogens with two attached hydrogens (primary N) is 1. The Bertz CT molecular complexity index is 209. The molecule has 0 saturated carbocycles. The van der Waals surface area contributed by atoms with E-state index < -0.39 is 0 Å². The maximum atomic E-state index is 10.9. The van der Waals surface area contributed by atoms with Crippen molar-refractivity contribution < 1.29 is 9.90 Å². The van der Waals surface area contributed by atoms with Crippen LogP contribution in [0.1, 0.15) is 32.1 Å². The number of aliphatic hydroxyl groups excluding tert-OH is 1. The first-order chi connectivity index (χ1) is 7.76. The summed E-state index contributed by atoms with van der Waals surface area (Å²) >= 11 is 0. The van der Waals surface area contributed by atoms with Crippen molar-refractivity contribution in [2.75, 3.05) is 26.2 Å². The summed E-state index contributed by atoms with van der Waals surface area (Å²) in [6.45, 7) is 3.42. The molecule has 1 heterocycles. The molecular weight excluding hydrogens is 206 g/mol. The van der Waals surface area contributed by atoms with Crippen LogP contribution in [0.5, 0.6) is 0 Å². The monoisotopic (exact) mass is 229 g/mol. The van der Waals surface area contributed by atoms with Gasteiger partial charge in [-0.3, -0.25) is 10.2 Å². The number of nitrogens with zero attached hydrogens (tertiary/aromatic N) is 1. The van der Waals surface area contributed by atoms with E-state index in [1.54, 1.807) is 0 Å². The van der Waals surface area contributed by atoms with Gasteiger partial charge in [-0.1, -0.05) is 0 Å². The topological polar surface area (TPSA) is 78.6 Å². The molecule has 0 bridgehead atoms. The fourth-order valence-corrected chi connectivity index (χ4v) is 2.31. The molecule has 0 aromatic heterocycles. The van der Waals surface area contributed by atoms with E-state index in [0.29, 0.717) is 12.3 Å². The maximum absolute atomic E-state index is 10.9. The lowest BCUT2D eigenvalue weighted by molar-refractivity contribution is -0.121. The van der Waals surface area contributed by atoms with E-state index in [4.69, 9.17) is 10.9 Å². The van der Waals surface area contributed by atoms with Crippen LogP contribution in [0.25, 0.3) is 0 Å². The van der Waals surface area contributed by atoms with Crippen LogP contribution in [0.2, 0.25) is 0 Å². The van der Waals surface area contributed by atoms with Gasteiger partial charge in [-0.25, -0.2) is 5.84 Å². The normalized spacial score (nSPS) is 22.0. The van der Waals surface area contributed by atoms with Crippen LogP contribution in [-0.4, -0.2) is 42.2 Å². The van der Waals surface area contributed by atoms with Gasteiger partial charge in [0.05, 0.1) is 0 Å². The number of hydrazine groups is 1. The molecule has 0 aromatic rings. The van der Waals surface area contributed by atoms with Gasteiger partial charge in [0.2, 0.25) is 5.91 Å². The van der Waals surface area contributed by atoms with Gasteiger partial charge in [0.25, 0.3) is 0 Å². The van der Waals surface area contributed by atoms with Crippen molar-refractivity contribution in [2.24, 2.45) is 11.8 Å². The molecule has 1 aliphatic heterocycles. The Labute approximate surface area is 97.0 Å². The van der Waals surface area contributed by atoms with Gasteiger partial charge < -0.3 is 10.0 Å². The minimum Gasteiger partial charge on any atom is -0.396 e. The van der Waals surface area contributed by atoms with Crippen molar-refractivity contribution in [2.45, 2.75) is 32.1 Å². The molecule has 1 rings (SSSR count). The van der Waals surface area contributed by atoms with Gasteiger partial charge >= 0.3 is 0 Å². The minimum atomic E-state index is -0.0936. The van der Waals surface area contributed by atoms with Crippen molar-refractivity contribution in [3.8, 4) is 0 Å². The summed E-state index contributed by atoms with van der Waals surface area (Å²) in [6.07, 6.45) is 4.68. The van der Waals surface area contributed by atoms with Crippen LogP contribution in [0.15, 0.2) is 0 Å². The van der Waals surface area contributed by atoms with E-state index in [1.807, 2.05) is 0 Å². The summed E-state index contributed by atoms with van der Waals surface area (Å²) in [4.78, 5) is 13.3. The standard InChI is InChI=1S/C11H23N3O2/c12-13-11(16)4-2-7-14-6-1-3-10(9-14)5-8-15/h10,15H,1-9,12H2,(H,13,16). The molecule has 5 heteroatoms. The Morgan fingerprint density at radius 1 is 1.56 bits per heavy atom. The lowest BCUT2D eigenvalue weighted by atomic mass is 9.95. The molecule has 0 radical (unpaired) electrons. The summed E-state index contributed by atoms with van der Waals surface area (Å²) < 4.78 is 0. The van der Waals surface area contributed by atoms with Crippen molar-refractivity contribution in [3.05, 3.63) is 0 Å². The van der Waals surface area contributed by atoms with Crippen LogP contribution >= 0.6 is 0 Å². The number of amides is 1. The van der Waals surface area contributed by atoms with Gasteiger partial charge in [0, 0.05) is 19.6 Å². The molecular formula is C11H23N3O2. The zero-order valence-electron chi connectivity index (χ0n) is 9.82. The van der Waals surface area contributed by atoms with E-state index in [0.717, 1.165) is 32.5 Å². The number of nitrogens with one attached hydrogen (secondary N) is 1. The summed E-state index contributed by atoms with van der Waals surface area (Å²) in [5.74, 6) is 5.55. The quantitative estimate of drug-likeness (QED) is 0.336. The van der Waals surface area contributed by atoms with E-state index >= 15 is 0 Å². The summed E-state index contributed by atoms with van der Waals surface area (Å²) in [5, 5.41) is 8.90. The molecule has 1 atom stereocenters. The first-order valence-corrected chi connectivity index (χ1v) is 6.09. The number of rotatable bonds is 6. The number of hydrogen-bond acceptors (Lipinski definition) is 4. The molecule has 1 saturated heterocycles. The predicted molar refractivity (Wildman–Crippen MR) is 62.4 cm³/mol. The van der Waals surface area contributed by atoms with E-state index in [1.165, 1.54) is 12.8 Å². The van der Waals surface area contributed by atoms with Crippen LogP contribution in [0.4, 0.5) is 0 Å². The van der Waals surface area contributed by atoms with E-state index in [-0.39, 0.29) is 12.5 Å². The first-order valence-electron chi connectivity index (χ1n) is 6.09. The summed E-state index contributed by atoms with van der Waals surface area (Å²) in [5.41, 5.74) is 2.14. The molecule has 5 nitrogen and oxygen atoms in total. The molecule has 94 valence electrons. The number of carbonyl (C=O) groups excluding carboxylic acids is 1. The van der Waals surface area contributed by atoms with Gasteiger partial charge in [-0.2, -0.15) is 0 Å². The van der Waals surface area contributed by atoms with Crippen molar-refractivity contribution in [3.63, 3.8) is 0 Å². The molecule has 16 heavy (non-hydrogen) atoms. The molecule has 1 aliphatic rings. The highest BCUT2D eigenvalue weighted by molar-refractivity contribution is 5.75. The molecule has 0 aliphatic carbocycles. The zero-order chi connectivity index (χ0) is 11.8. The Balaban J connectivity index is 2.14. The molecule has 1 amide bonds. The van der Waals surface area contributed by atoms with Gasteiger partial charge in [0.15, 0.2) is 0 Å². The SMILES string of the molecule is NNC(=O)CCCN1CCCC(CCO)C1. The van der Waals surface area contributed by atoms with Gasteiger partial charge in [-0.15, -0.1) is 0 Å². The third-order valence-electron chi connectivity index (χ3n) is 3.18. The number of hydrogen-bond donors (Lipinski definition) is 3. The van der Waals surface area contributed by atoms with Crippen LogP contribution in [0, 0.1) is 5.92 Å². The Hall–Kier alpha value is -0.650. The van der Waals surface area contributed by atoms with E-state index in [9.17, 15) is 4.79 Å². The minimum absolute atomic E-state index is 0.0936. The van der Waals surface area contributed by atoms with Gasteiger partial charge in [0.1, 0.15) is 0 Å². The lowest BCUT2D eigenvalue weighted by Gasteiger charge is -2.32. The second-order valence-electron chi connectivity index (χ2n) is 4.49. The van der Waals surface area contributed by atoms with Crippen molar-refractivity contribution in [1.82, 2.24) is 10.3 Å². The Morgan fingerprint density at radius 3 is 3.06 bits per heavy atom. The highest BCUT2D eigenvalue weighted by Gasteiger charge is 2.18. The second kappa shape index (κ2) is 7.60. The summed E-state index contributed by atoms with van der Waals surface area (Å²) in [7, 11) is 0. The smallest absolute Gasteiger partial charge is 0.233 e. The Morgan fingerprint density at radius 2 is 2.38 bits per heavy atom. The molecule has 0 spiro atoms. The second-order valence-corrected chi connectivity index (χ2v) is 4.49. The number of aliphatic hydroxyl groups is 1. The fraction of sp³-hybridized carbons (Fsp3) is 0.909. The third-order valence-corrected chi connectivity index (χ3v) is 3.18. The van der Waals surface area contributed by atoms with Crippen molar-refractivity contribution in [1.29, 1.82) is 0 Å². The van der Waals surface area contributed by atoms with Crippen LogP contribution in [0.3, 0.4) is 0 Å². The van der Waals surface area contributed by atoms with Gasteiger partial charge in [-0.05, 0) is 44.7 Å². The molecule has 4 N–H and O–H groups in total. The van der Waals surface area contributed by atoms with Crippen molar-refractivity contribution >= 4 is 5.91 Å². The van der Waals surface area contributed by atoms with Crippen LogP contribution in [-0.2, 0) is 4.79 Å². The maximum Gasteiger partial charge on any atom is 0.233 e. The predicted octanol–water partition coefficient (Wildman–Crippen LogP) is -0.149. The average molecular weight is 229 g/mol. The fourth-order valence-electron chi connectivity index (χ4n) is 2.31. The zero-order valence-corrected chi connectivity index (χ0v) is 9.82. The number of carbonyl (C=O) groups is 1. The van der Waals surface area contributed by atoms with E-state index in [2.05, 4.69) is 10.3 Å². The molecule has 0 aromatic carbocycles. The average Bonchev–Trinajstić information content (AvgIpc) is 2.30. The van der Waals surface area contributed by atoms with Crippen LogP contribution < -0.4 is 11.3 Å². The highest BCUT2D eigenvalue weighted by Crippen LogP contribution is 2.19. The lowest BCUT2D eigenvalue weighted by Crippen LogP contribution is -2.37. The molecule has 1 fully saturated rings. The first kappa shape index (κ1) is 13.4. The number of likely N-dealkylation sites (tertiary alicyclic amines) is 1.